The highest BCUT2D eigenvalue weighted by atomic mass is 19.1. The molecule has 1 heterocycles. The third-order valence-corrected chi connectivity index (χ3v) is 3.61. The molecule has 0 unspecified atom stereocenters. The van der Waals surface area contributed by atoms with Crippen molar-refractivity contribution in [2.75, 3.05) is 12.4 Å². The van der Waals surface area contributed by atoms with E-state index in [1.807, 2.05) is 0 Å². The lowest BCUT2D eigenvalue weighted by atomic mass is 10.2. The van der Waals surface area contributed by atoms with E-state index in [-0.39, 0.29) is 17.6 Å². The van der Waals surface area contributed by atoms with Crippen molar-refractivity contribution in [2.24, 2.45) is 0 Å². The first-order valence-electron chi connectivity index (χ1n) is 7.50. The molecular weight excluding hydrogens is 323 g/mol. The Morgan fingerprint density at radius 2 is 1.68 bits per heavy atom. The van der Waals surface area contributed by atoms with Gasteiger partial charge in [0.15, 0.2) is 0 Å². The van der Waals surface area contributed by atoms with E-state index in [1.54, 1.807) is 48.0 Å². The number of halogens is 1. The van der Waals surface area contributed by atoms with Crippen molar-refractivity contribution in [1.29, 1.82) is 0 Å². The van der Waals surface area contributed by atoms with Gasteiger partial charge in [-0.1, -0.05) is 0 Å². The second-order valence-electron chi connectivity index (χ2n) is 5.24. The van der Waals surface area contributed by atoms with Gasteiger partial charge in [0.2, 0.25) is 0 Å². The van der Waals surface area contributed by atoms with Gasteiger partial charge in [-0.05, 0) is 48.5 Å². The normalized spacial score (nSPS) is 10.3. The number of anilines is 1. The fourth-order valence-corrected chi connectivity index (χ4v) is 2.31. The Hall–Kier alpha value is -3.48. The number of hydrogen-bond donors (Lipinski definition) is 2. The summed E-state index contributed by atoms with van der Waals surface area (Å²) in [5.74, 6) is -0.923. The molecule has 0 bridgehead atoms. The molecule has 0 saturated heterocycles. The van der Waals surface area contributed by atoms with Crippen LogP contribution >= 0.6 is 0 Å². The number of carbonyl (C=O) groups is 2. The second-order valence-corrected chi connectivity index (χ2v) is 5.24. The Labute approximate surface area is 143 Å². The topological polar surface area (TPSA) is 76.0 Å². The number of benzene rings is 2. The van der Waals surface area contributed by atoms with Gasteiger partial charge in [0, 0.05) is 24.0 Å². The van der Waals surface area contributed by atoms with Gasteiger partial charge in [0.05, 0.1) is 12.5 Å². The average molecular weight is 338 g/mol. The highest BCUT2D eigenvalue weighted by Gasteiger charge is 2.14. The first-order chi connectivity index (χ1) is 12.1. The lowest BCUT2D eigenvalue weighted by Crippen LogP contribution is -2.18. The van der Waals surface area contributed by atoms with Crippen LogP contribution in [0.15, 0.2) is 61.1 Å². The van der Waals surface area contributed by atoms with Gasteiger partial charge >= 0.3 is 0 Å². The van der Waals surface area contributed by atoms with E-state index in [1.165, 1.54) is 24.7 Å². The molecule has 0 fully saturated rings. The Morgan fingerprint density at radius 1 is 1.00 bits per heavy atom. The van der Waals surface area contributed by atoms with Crippen LogP contribution in [0, 0.1) is 5.82 Å². The second kappa shape index (κ2) is 6.96. The predicted octanol–water partition coefficient (Wildman–Crippen LogP) is 2.62. The summed E-state index contributed by atoms with van der Waals surface area (Å²) in [5.41, 5.74) is 1.97. The Bertz CT molecular complexity index is 902. The lowest BCUT2D eigenvalue weighted by molar-refractivity contribution is 0.0962. The third-order valence-electron chi connectivity index (χ3n) is 3.61. The minimum absolute atomic E-state index is 0.202. The molecular formula is C18H15FN4O2. The minimum atomic E-state index is -0.366. The van der Waals surface area contributed by atoms with Crippen LogP contribution in [0.2, 0.25) is 0 Å². The van der Waals surface area contributed by atoms with Crippen molar-refractivity contribution in [1.82, 2.24) is 14.9 Å². The highest BCUT2D eigenvalue weighted by Crippen LogP contribution is 2.15. The fourth-order valence-electron chi connectivity index (χ4n) is 2.31. The van der Waals surface area contributed by atoms with E-state index in [4.69, 9.17) is 0 Å². The average Bonchev–Trinajstić information content (AvgIpc) is 3.12. The summed E-state index contributed by atoms with van der Waals surface area (Å²) in [4.78, 5) is 28.0. The van der Waals surface area contributed by atoms with Gasteiger partial charge in [0.25, 0.3) is 11.8 Å². The molecule has 1 aromatic heterocycles. The molecule has 0 aliphatic heterocycles. The molecule has 0 radical (unpaired) electrons. The molecule has 126 valence electrons. The number of aromatic nitrogens is 2. The summed E-state index contributed by atoms with van der Waals surface area (Å²) >= 11 is 0. The molecule has 3 rings (SSSR count). The minimum Gasteiger partial charge on any atom is -0.355 e. The fraction of sp³-hybridized carbons (Fsp3) is 0.0556. The smallest absolute Gasteiger partial charge is 0.274 e. The van der Waals surface area contributed by atoms with Gasteiger partial charge in [-0.2, -0.15) is 0 Å². The van der Waals surface area contributed by atoms with E-state index in [2.05, 4.69) is 15.6 Å². The Kier molecular flexibility index (Phi) is 4.56. The summed E-state index contributed by atoms with van der Waals surface area (Å²) < 4.78 is 14.6. The Balaban J connectivity index is 1.79. The van der Waals surface area contributed by atoms with Gasteiger partial charge in [0.1, 0.15) is 11.5 Å². The number of amides is 2. The van der Waals surface area contributed by atoms with Crippen LogP contribution in [0.1, 0.15) is 20.8 Å². The number of carbonyl (C=O) groups excluding carboxylic acids is 2. The standard InChI is InChI=1S/C18H15FN4O2/c1-20-17(24)12-2-6-14(7-3-12)22-18(25)16-10-21-11-23(16)15-8-4-13(19)5-9-15/h2-11H,1H3,(H,20,24)(H,22,25). The number of hydrogen-bond acceptors (Lipinski definition) is 3. The van der Waals surface area contributed by atoms with Crippen molar-refractivity contribution in [3.05, 3.63) is 78.1 Å². The van der Waals surface area contributed by atoms with Gasteiger partial charge in [-0.3, -0.25) is 14.2 Å². The number of nitrogens with zero attached hydrogens (tertiary/aromatic N) is 2. The van der Waals surface area contributed by atoms with E-state index < -0.39 is 0 Å². The first-order valence-corrected chi connectivity index (χ1v) is 7.50. The maximum Gasteiger partial charge on any atom is 0.274 e. The quantitative estimate of drug-likeness (QED) is 0.768. The maximum absolute atomic E-state index is 13.1. The molecule has 25 heavy (non-hydrogen) atoms. The molecule has 6 nitrogen and oxygen atoms in total. The monoisotopic (exact) mass is 338 g/mol. The van der Waals surface area contributed by atoms with E-state index in [0.29, 0.717) is 22.6 Å². The van der Waals surface area contributed by atoms with Crippen LogP contribution in [-0.2, 0) is 0 Å². The molecule has 0 aliphatic carbocycles. The zero-order valence-corrected chi connectivity index (χ0v) is 13.4. The number of imidazole rings is 1. The summed E-state index contributed by atoms with van der Waals surface area (Å²) in [6, 6.07) is 12.3. The van der Waals surface area contributed by atoms with Crippen molar-refractivity contribution in [3.8, 4) is 5.69 Å². The molecule has 2 amide bonds. The largest absolute Gasteiger partial charge is 0.355 e. The third kappa shape index (κ3) is 3.55. The van der Waals surface area contributed by atoms with Crippen molar-refractivity contribution in [2.45, 2.75) is 0 Å². The summed E-state index contributed by atoms with van der Waals surface area (Å²) in [6.45, 7) is 0. The molecule has 2 N–H and O–H groups in total. The summed E-state index contributed by atoms with van der Waals surface area (Å²) in [7, 11) is 1.55. The predicted molar refractivity (Wildman–Crippen MR) is 91.3 cm³/mol. The molecule has 0 saturated carbocycles. The van der Waals surface area contributed by atoms with Crippen molar-refractivity contribution in [3.63, 3.8) is 0 Å². The van der Waals surface area contributed by atoms with Crippen LogP contribution in [0.5, 0.6) is 0 Å². The highest BCUT2D eigenvalue weighted by molar-refractivity contribution is 6.03. The number of nitrogens with one attached hydrogen (secondary N) is 2. The molecule has 7 heteroatoms. The molecule has 0 atom stereocenters. The van der Waals surface area contributed by atoms with Crippen molar-refractivity contribution >= 4 is 17.5 Å². The van der Waals surface area contributed by atoms with Gasteiger partial charge in [-0.15, -0.1) is 0 Å². The summed E-state index contributed by atoms with van der Waals surface area (Å²) in [6.07, 6.45) is 2.91. The van der Waals surface area contributed by atoms with Crippen molar-refractivity contribution < 1.29 is 14.0 Å². The molecule has 2 aromatic carbocycles. The molecule has 3 aromatic rings. The van der Waals surface area contributed by atoms with Crippen LogP contribution in [0.4, 0.5) is 10.1 Å². The van der Waals surface area contributed by atoms with Gasteiger partial charge < -0.3 is 10.6 Å². The van der Waals surface area contributed by atoms with Crippen LogP contribution < -0.4 is 10.6 Å². The Morgan fingerprint density at radius 3 is 2.32 bits per heavy atom. The number of rotatable bonds is 4. The zero-order chi connectivity index (χ0) is 17.8. The van der Waals surface area contributed by atoms with Crippen LogP contribution in [-0.4, -0.2) is 28.4 Å². The maximum atomic E-state index is 13.1. The lowest BCUT2D eigenvalue weighted by Gasteiger charge is -2.09. The van der Waals surface area contributed by atoms with E-state index >= 15 is 0 Å². The first kappa shape index (κ1) is 16.4. The van der Waals surface area contributed by atoms with Crippen LogP contribution in [0.25, 0.3) is 5.69 Å². The zero-order valence-electron chi connectivity index (χ0n) is 13.4. The molecule has 0 aliphatic rings. The SMILES string of the molecule is CNC(=O)c1ccc(NC(=O)c2cncn2-c2ccc(F)cc2)cc1. The van der Waals surface area contributed by atoms with E-state index in [0.717, 1.165) is 0 Å². The van der Waals surface area contributed by atoms with Crippen LogP contribution in [0.3, 0.4) is 0 Å². The summed E-state index contributed by atoms with van der Waals surface area (Å²) in [5, 5.41) is 5.27. The molecule has 0 spiro atoms. The van der Waals surface area contributed by atoms with Gasteiger partial charge in [-0.25, -0.2) is 9.37 Å². The van der Waals surface area contributed by atoms with E-state index in [9.17, 15) is 14.0 Å².